The average Bonchev–Trinajstić information content (AvgIpc) is 2.84. The van der Waals surface area contributed by atoms with Crippen LogP contribution in [-0.2, 0) is 0 Å². The van der Waals surface area contributed by atoms with Crippen LogP contribution in [0.5, 0.6) is 17.2 Å². The number of methoxy groups -OCH3 is 1. The smallest absolute Gasteiger partial charge is 0.343 e. The molecule has 1 atom stereocenters. The first-order valence-electron chi connectivity index (χ1n) is 11.6. The topological polar surface area (TPSA) is 94.1 Å². The van der Waals surface area contributed by atoms with Crippen molar-refractivity contribution in [2.45, 2.75) is 38.3 Å². The Hall–Kier alpha value is -3.68. The molecule has 0 aromatic heterocycles. The summed E-state index contributed by atoms with van der Waals surface area (Å²) in [5.74, 6) is -0.457. The second-order valence-electron chi connectivity index (χ2n) is 8.63. The van der Waals surface area contributed by atoms with E-state index in [0.717, 1.165) is 18.4 Å². The zero-order chi connectivity index (χ0) is 24.8. The summed E-state index contributed by atoms with van der Waals surface area (Å²) >= 11 is 0. The third-order valence-corrected chi connectivity index (χ3v) is 6.08. The van der Waals surface area contributed by atoms with Crippen LogP contribution in [-0.4, -0.2) is 36.7 Å². The predicted molar refractivity (Wildman–Crippen MR) is 131 cm³/mol. The van der Waals surface area contributed by atoms with Crippen LogP contribution in [0.1, 0.15) is 57.2 Å². The van der Waals surface area contributed by atoms with Crippen molar-refractivity contribution in [1.29, 1.82) is 0 Å². The molecule has 0 saturated heterocycles. The molecule has 0 aliphatic heterocycles. The highest BCUT2D eigenvalue weighted by atomic mass is 16.6. The molecule has 3 aromatic rings. The van der Waals surface area contributed by atoms with Gasteiger partial charge in [0.05, 0.1) is 24.3 Å². The van der Waals surface area contributed by atoms with Gasteiger partial charge in [-0.15, -0.1) is 0 Å². The quantitative estimate of drug-likeness (QED) is 0.345. The zero-order valence-corrected chi connectivity index (χ0v) is 19.8. The van der Waals surface area contributed by atoms with Crippen LogP contribution in [0.4, 0.5) is 0 Å². The van der Waals surface area contributed by atoms with Crippen LogP contribution in [0, 0.1) is 6.92 Å². The molecule has 4 rings (SSSR count). The van der Waals surface area contributed by atoms with Gasteiger partial charge in [-0.1, -0.05) is 30.2 Å². The molecule has 7 nitrogen and oxygen atoms in total. The summed E-state index contributed by atoms with van der Waals surface area (Å²) in [6.45, 7) is 2.30. The highest BCUT2D eigenvalue weighted by Crippen LogP contribution is 2.32. The first kappa shape index (κ1) is 24.4. The molecule has 1 aliphatic carbocycles. The lowest BCUT2D eigenvalue weighted by Crippen LogP contribution is -2.37. The van der Waals surface area contributed by atoms with Crippen LogP contribution < -0.4 is 19.5 Å². The number of hydrogen-bond donors (Lipinski definition) is 2. The number of benzene rings is 3. The minimum atomic E-state index is -0.807. The van der Waals surface area contributed by atoms with E-state index >= 15 is 0 Å². The first-order valence-corrected chi connectivity index (χ1v) is 11.6. The lowest BCUT2D eigenvalue weighted by Gasteiger charge is -2.27. The van der Waals surface area contributed by atoms with E-state index in [4.69, 9.17) is 14.2 Å². The number of aryl methyl sites for hydroxylation is 1. The molecule has 0 radical (unpaired) electrons. The van der Waals surface area contributed by atoms with Gasteiger partial charge in [0, 0.05) is 12.6 Å². The van der Waals surface area contributed by atoms with E-state index in [9.17, 15) is 14.7 Å². The minimum Gasteiger partial charge on any atom is -0.497 e. The van der Waals surface area contributed by atoms with Crippen molar-refractivity contribution in [3.63, 3.8) is 0 Å². The molecular formula is C28H29NO6. The average molecular weight is 476 g/mol. The van der Waals surface area contributed by atoms with Gasteiger partial charge in [-0.3, -0.25) is 0 Å². The molecule has 35 heavy (non-hydrogen) atoms. The Bertz CT molecular complexity index is 1170. The first-order chi connectivity index (χ1) is 16.9. The molecule has 1 unspecified atom stereocenters. The normalized spacial score (nSPS) is 14.0. The van der Waals surface area contributed by atoms with E-state index in [0.29, 0.717) is 35.0 Å². The predicted octanol–water partition coefficient (Wildman–Crippen LogP) is 4.62. The standard InChI is InChI=1S/C28H29NO6/c1-18-6-8-19(9-7-18)28(32)35-26-16-21(24(30)17-29-22-4-3-5-22)12-15-25(26)34-27(31)20-10-13-23(33-2)14-11-20/h6-16,22,24,29-30H,3-5,17H2,1-2H3. The second-order valence-corrected chi connectivity index (χ2v) is 8.63. The number of aliphatic hydroxyl groups excluding tert-OH is 1. The number of carbonyl (C=O) groups excluding carboxylic acids is 2. The Balaban J connectivity index is 1.55. The molecule has 1 saturated carbocycles. The van der Waals surface area contributed by atoms with Crippen molar-refractivity contribution in [1.82, 2.24) is 5.32 Å². The van der Waals surface area contributed by atoms with Crippen molar-refractivity contribution in [3.8, 4) is 17.2 Å². The number of esters is 2. The Kier molecular flexibility index (Phi) is 7.80. The number of nitrogens with one attached hydrogen (secondary N) is 1. The highest BCUT2D eigenvalue weighted by Gasteiger charge is 2.21. The van der Waals surface area contributed by atoms with Crippen LogP contribution >= 0.6 is 0 Å². The van der Waals surface area contributed by atoms with Crippen molar-refractivity contribution in [2.24, 2.45) is 0 Å². The Morgan fingerprint density at radius 3 is 2.09 bits per heavy atom. The summed E-state index contributed by atoms with van der Waals surface area (Å²) in [5, 5.41) is 14.0. The molecule has 7 heteroatoms. The Morgan fingerprint density at radius 2 is 1.51 bits per heavy atom. The largest absolute Gasteiger partial charge is 0.497 e. The van der Waals surface area contributed by atoms with Crippen LogP contribution in [0.25, 0.3) is 0 Å². The number of aliphatic hydroxyl groups is 1. The molecule has 0 amide bonds. The fraction of sp³-hybridized carbons (Fsp3) is 0.286. The molecule has 182 valence electrons. The summed E-state index contributed by atoms with van der Waals surface area (Å²) in [6, 6.07) is 18.6. The summed E-state index contributed by atoms with van der Waals surface area (Å²) in [6.07, 6.45) is 2.60. The van der Waals surface area contributed by atoms with Crippen LogP contribution in [0.15, 0.2) is 66.7 Å². The summed E-state index contributed by atoms with van der Waals surface area (Å²) in [7, 11) is 1.54. The molecule has 0 heterocycles. The van der Waals surface area contributed by atoms with Crippen LogP contribution in [0.2, 0.25) is 0 Å². The zero-order valence-electron chi connectivity index (χ0n) is 19.8. The van der Waals surface area contributed by atoms with Gasteiger partial charge in [-0.25, -0.2) is 9.59 Å². The maximum atomic E-state index is 12.8. The molecule has 0 bridgehead atoms. The molecule has 3 aromatic carbocycles. The lowest BCUT2D eigenvalue weighted by atomic mass is 9.93. The lowest BCUT2D eigenvalue weighted by molar-refractivity contribution is 0.0681. The molecular weight excluding hydrogens is 446 g/mol. The SMILES string of the molecule is COc1ccc(C(=O)Oc2ccc(C(O)CNC3CCC3)cc2OC(=O)c2ccc(C)cc2)cc1. The van der Waals surface area contributed by atoms with Crippen molar-refractivity contribution < 1.29 is 28.9 Å². The summed E-state index contributed by atoms with van der Waals surface area (Å²) in [5.41, 5.74) is 2.24. The molecule has 1 aliphatic rings. The van der Waals surface area contributed by atoms with Gasteiger partial charge in [-0.05, 0) is 73.9 Å². The number of hydrogen-bond acceptors (Lipinski definition) is 7. The van der Waals surface area contributed by atoms with Crippen molar-refractivity contribution in [3.05, 3.63) is 89.0 Å². The maximum absolute atomic E-state index is 12.8. The van der Waals surface area contributed by atoms with E-state index in [1.54, 1.807) is 49.6 Å². The van der Waals surface area contributed by atoms with Crippen molar-refractivity contribution in [2.75, 3.05) is 13.7 Å². The highest BCUT2D eigenvalue weighted by molar-refractivity contribution is 5.93. The molecule has 0 spiro atoms. The van der Waals surface area contributed by atoms with Gasteiger partial charge < -0.3 is 24.6 Å². The molecule has 1 fully saturated rings. The fourth-order valence-corrected chi connectivity index (χ4v) is 3.64. The van der Waals surface area contributed by atoms with E-state index in [2.05, 4.69) is 5.32 Å². The number of rotatable bonds is 9. The number of ether oxygens (including phenoxy) is 3. The van der Waals surface area contributed by atoms with Crippen molar-refractivity contribution >= 4 is 11.9 Å². The van der Waals surface area contributed by atoms with Gasteiger partial charge in [0.25, 0.3) is 0 Å². The van der Waals surface area contributed by atoms with E-state index in [1.165, 1.54) is 18.6 Å². The van der Waals surface area contributed by atoms with Crippen LogP contribution in [0.3, 0.4) is 0 Å². The monoisotopic (exact) mass is 475 g/mol. The Labute approximate surface area is 204 Å². The third-order valence-electron chi connectivity index (χ3n) is 6.08. The third kappa shape index (κ3) is 6.26. The van der Waals surface area contributed by atoms with Gasteiger partial charge in [0.15, 0.2) is 11.5 Å². The Morgan fingerprint density at radius 1 is 0.914 bits per heavy atom. The summed E-state index contributed by atoms with van der Waals surface area (Å²) in [4.78, 5) is 25.5. The minimum absolute atomic E-state index is 0.0534. The van der Waals surface area contributed by atoms with Gasteiger partial charge in [-0.2, -0.15) is 0 Å². The molecule has 2 N–H and O–H groups in total. The van der Waals surface area contributed by atoms with E-state index in [-0.39, 0.29) is 11.5 Å². The summed E-state index contributed by atoms with van der Waals surface area (Å²) < 4.78 is 16.3. The fourth-order valence-electron chi connectivity index (χ4n) is 3.64. The van der Waals surface area contributed by atoms with Gasteiger partial charge in [0.1, 0.15) is 5.75 Å². The van der Waals surface area contributed by atoms with E-state index < -0.39 is 18.0 Å². The number of carbonyl (C=O) groups is 2. The van der Waals surface area contributed by atoms with Gasteiger partial charge in [0.2, 0.25) is 0 Å². The second kappa shape index (κ2) is 11.2. The van der Waals surface area contributed by atoms with E-state index in [1.807, 2.05) is 19.1 Å². The van der Waals surface area contributed by atoms with Gasteiger partial charge >= 0.3 is 11.9 Å². The maximum Gasteiger partial charge on any atom is 0.343 e.